The molecule has 0 spiro atoms. The smallest absolute Gasteiger partial charge is 0.325 e. The SMILES string of the molecule is CCC(C)N(CCOC)C(=O)Nc1cnn(CC(=O)O)c1. The van der Waals surface area contributed by atoms with Crippen molar-refractivity contribution in [2.45, 2.75) is 32.9 Å². The molecule has 0 aliphatic carbocycles. The largest absolute Gasteiger partial charge is 0.480 e. The lowest BCUT2D eigenvalue weighted by atomic mass is 10.2. The quantitative estimate of drug-likeness (QED) is 0.753. The standard InChI is InChI=1S/C13H22N4O4/c1-4-10(2)17(5-6-21-3)13(20)15-11-7-14-16(8-11)9-12(18)19/h7-8,10H,4-6,9H2,1-3H3,(H,15,20)(H,18,19). The highest BCUT2D eigenvalue weighted by molar-refractivity contribution is 5.89. The van der Waals surface area contributed by atoms with Crippen LogP contribution < -0.4 is 5.32 Å². The van der Waals surface area contributed by atoms with Crippen molar-refractivity contribution in [1.29, 1.82) is 0 Å². The maximum Gasteiger partial charge on any atom is 0.325 e. The number of nitrogens with zero attached hydrogens (tertiary/aromatic N) is 3. The molecule has 0 bridgehead atoms. The lowest BCUT2D eigenvalue weighted by molar-refractivity contribution is -0.137. The van der Waals surface area contributed by atoms with Gasteiger partial charge in [0, 0.05) is 25.9 Å². The Morgan fingerprint density at radius 1 is 1.57 bits per heavy atom. The number of anilines is 1. The second-order valence-electron chi connectivity index (χ2n) is 4.69. The molecule has 0 fully saturated rings. The Hall–Kier alpha value is -2.09. The number of carbonyl (C=O) groups is 2. The van der Waals surface area contributed by atoms with Crippen molar-refractivity contribution < 1.29 is 19.4 Å². The number of carboxylic acid groups (broad SMARTS) is 1. The number of amides is 2. The minimum Gasteiger partial charge on any atom is -0.480 e. The molecule has 1 atom stereocenters. The summed E-state index contributed by atoms with van der Waals surface area (Å²) in [6, 6.07) is -0.175. The molecule has 0 saturated heterocycles. The number of hydrogen-bond donors (Lipinski definition) is 2. The molecule has 1 aromatic heterocycles. The van der Waals surface area contributed by atoms with Gasteiger partial charge in [-0.25, -0.2) is 4.79 Å². The van der Waals surface area contributed by atoms with E-state index in [1.165, 1.54) is 17.1 Å². The van der Waals surface area contributed by atoms with Crippen LogP contribution in [0.25, 0.3) is 0 Å². The number of hydrogen-bond acceptors (Lipinski definition) is 4. The summed E-state index contributed by atoms with van der Waals surface area (Å²) in [5, 5.41) is 15.3. The molecule has 21 heavy (non-hydrogen) atoms. The summed E-state index contributed by atoms with van der Waals surface area (Å²) in [5.74, 6) is -0.989. The molecule has 8 heteroatoms. The molecule has 1 heterocycles. The fraction of sp³-hybridized carbons (Fsp3) is 0.615. The van der Waals surface area contributed by atoms with Gasteiger partial charge in [0.1, 0.15) is 6.54 Å². The Morgan fingerprint density at radius 2 is 2.29 bits per heavy atom. The van der Waals surface area contributed by atoms with Crippen LogP contribution in [0.5, 0.6) is 0 Å². The third-order valence-corrected chi connectivity index (χ3v) is 3.10. The molecule has 118 valence electrons. The molecule has 1 aromatic rings. The highest BCUT2D eigenvalue weighted by Gasteiger charge is 2.19. The van der Waals surface area contributed by atoms with Gasteiger partial charge in [0.25, 0.3) is 0 Å². The number of aliphatic carboxylic acids is 1. The zero-order valence-electron chi connectivity index (χ0n) is 12.6. The molecule has 0 aliphatic rings. The van der Waals surface area contributed by atoms with E-state index in [2.05, 4.69) is 10.4 Å². The molecule has 0 radical (unpaired) electrons. The molecular formula is C13H22N4O4. The van der Waals surface area contributed by atoms with Crippen molar-refractivity contribution in [2.24, 2.45) is 0 Å². The Labute approximate surface area is 123 Å². The molecule has 2 amide bonds. The van der Waals surface area contributed by atoms with Gasteiger partial charge in [-0.2, -0.15) is 5.10 Å². The Balaban J connectivity index is 2.67. The first-order valence-electron chi connectivity index (χ1n) is 6.78. The fourth-order valence-corrected chi connectivity index (χ4v) is 1.78. The van der Waals surface area contributed by atoms with Gasteiger partial charge in [0.15, 0.2) is 0 Å². The summed E-state index contributed by atoms with van der Waals surface area (Å²) in [4.78, 5) is 24.5. The fourth-order valence-electron chi connectivity index (χ4n) is 1.78. The number of carbonyl (C=O) groups excluding carboxylic acids is 1. The first-order valence-corrected chi connectivity index (χ1v) is 6.78. The summed E-state index contributed by atoms with van der Waals surface area (Å²) in [5.41, 5.74) is 0.465. The second kappa shape index (κ2) is 8.25. The molecular weight excluding hydrogens is 276 g/mol. The summed E-state index contributed by atoms with van der Waals surface area (Å²) in [6.07, 6.45) is 3.73. The number of aromatic nitrogens is 2. The predicted molar refractivity (Wildman–Crippen MR) is 77.2 cm³/mol. The lowest BCUT2D eigenvalue weighted by Gasteiger charge is -2.28. The monoisotopic (exact) mass is 298 g/mol. The van der Waals surface area contributed by atoms with Crippen LogP contribution >= 0.6 is 0 Å². The van der Waals surface area contributed by atoms with Crippen molar-refractivity contribution in [2.75, 3.05) is 25.6 Å². The third-order valence-electron chi connectivity index (χ3n) is 3.10. The molecule has 1 rings (SSSR count). The van der Waals surface area contributed by atoms with E-state index in [9.17, 15) is 9.59 Å². The topological polar surface area (TPSA) is 96.7 Å². The summed E-state index contributed by atoms with van der Waals surface area (Å²) < 4.78 is 6.26. The number of carboxylic acids is 1. The zero-order valence-corrected chi connectivity index (χ0v) is 12.6. The van der Waals surface area contributed by atoms with Crippen LogP contribution in [-0.2, 0) is 16.1 Å². The van der Waals surface area contributed by atoms with Gasteiger partial charge in [-0.05, 0) is 13.3 Å². The summed E-state index contributed by atoms with van der Waals surface area (Å²) in [6.45, 7) is 4.66. The van der Waals surface area contributed by atoms with Crippen LogP contribution in [-0.4, -0.2) is 58.1 Å². The van der Waals surface area contributed by atoms with E-state index in [1.807, 2.05) is 13.8 Å². The van der Waals surface area contributed by atoms with E-state index in [0.29, 0.717) is 18.8 Å². The minimum atomic E-state index is -0.989. The molecule has 0 aliphatic heterocycles. The number of rotatable bonds is 8. The molecule has 8 nitrogen and oxygen atoms in total. The number of nitrogens with one attached hydrogen (secondary N) is 1. The van der Waals surface area contributed by atoms with Gasteiger partial charge in [0.05, 0.1) is 18.5 Å². The van der Waals surface area contributed by atoms with E-state index in [4.69, 9.17) is 9.84 Å². The van der Waals surface area contributed by atoms with Gasteiger partial charge >= 0.3 is 12.0 Å². The zero-order chi connectivity index (χ0) is 15.8. The van der Waals surface area contributed by atoms with Crippen molar-refractivity contribution >= 4 is 17.7 Å². The van der Waals surface area contributed by atoms with Gasteiger partial charge in [-0.1, -0.05) is 6.92 Å². The number of urea groups is 1. The van der Waals surface area contributed by atoms with E-state index in [-0.39, 0.29) is 18.6 Å². The molecule has 2 N–H and O–H groups in total. The molecule has 0 saturated carbocycles. The lowest BCUT2D eigenvalue weighted by Crippen LogP contribution is -2.43. The van der Waals surface area contributed by atoms with Crippen molar-refractivity contribution in [3.8, 4) is 0 Å². The van der Waals surface area contributed by atoms with Crippen molar-refractivity contribution in [3.05, 3.63) is 12.4 Å². The molecule has 0 aromatic carbocycles. The summed E-state index contributed by atoms with van der Waals surface area (Å²) >= 11 is 0. The van der Waals surface area contributed by atoms with Crippen LogP contribution in [0.1, 0.15) is 20.3 Å². The summed E-state index contributed by atoms with van der Waals surface area (Å²) in [7, 11) is 1.59. The Kier molecular flexibility index (Phi) is 6.67. The predicted octanol–water partition coefficient (Wildman–Crippen LogP) is 1.25. The second-order valence-corrected chi connectivity index (χ2v) is 4.69. The minimum absolute atomic E-state index is 0.0780. The first-order chi connectivity index (χ1) is 9.97. The van der Waals surface area contributed by atoms with Crippen LogP contribution in [0.3, 0.4) is 0 Å². The van der Waals surface area contributed by atoms with E-state index >= 15 is 0 Å². The first kappa shape index (κ1) is 17.0. The van der Waals surface area contributed by atoms with E-state index in [1.54, 1.807) is 12.0 Å². The van der Waals surface area contributed by atoms with E-state index in [0.717, 1.165) is 6.42 Å². The normalized spacial score (nSPS) is 12.0. The van der Waals surface area contributed by atoms with Crippen LogP contribution in [0.2, 0.25) is 0 Å². The van der Waals surface area contributed by atoms with Gasteiger partial charge in [-0.3, -0.25) is 9.48 Å². The van der Waals surface area contributed by atoms with Crippen molar-refractivity contribution in [3.63, 3.8) is 0 Å². The Morgan fingerprint density at radius 3 is 2.86 bits per heavy atom. The molecule has 1 unspecified atom stereocenters. The van der Waals surface area contributed by atoms with Gasteiger partial charge in [0.2, 0.25) is 0 Å². The third kappa shape index (κ3) is 5.42. The number of ether oxygens (including phenoxy) is 1. The maximum atomic E-state index is 12.3. The average molecular weight is 298 g/mol. The van der Waals surface area contributed by atoms with E-state index < -0.39 is 5.97 Å². The average Bonchev–Trinajstić information content (AvgIpc) is 2.85. The number of methoxy groups -OCH3 is 1. The Bertz CT molecular complexity index is 474. The highest BCUT2D eigenvalue weighted by Crippen LogP contribution is 2.10. The maximum absolute atomic E-state index is 12.3. The van der Waals surface area contributed by atoms with Crippen molar-refractivity contribution in [1.82, 2.24) is 14.7 Å². The highest BCUT2D eigenvalue weighted by atomic mass is 16.5. The van der Waals surface area contributed by atoms with Crippen LogP contribution in [0.4, 0.5) is 10.5 Å². The van der Waals surface area contributed by atoms with Crippen LogP contribution in [0.15, 0.2) is 12.4 Å². The van der Waals surface area contributed by atoms with Gasteiger partial charge < -0.3 is 20.1 Å². The van der Waals surface area contributed by atoms with Gasteiger partial charge in [-0.15, -0.1) is 0 Å². The van der Waals surface area contributed by atoms with Crippen LogP contribution in [0, 0.1) is 0 Å².